The molecule has 1 aliphatic carbocycles. The Balaban J connectivity index is 1.88. The maximum atomic E-state index is 12.6. The summed E-state index contributed by atoms with van der Waals surface area (Å²) in [6.45, 7) is 6.02. The molecule has 0 bridgehead atoms. The van der Waals surface area contributed by atoms with Crippen molar-refractivity contribution in [1.82, 2.24) is 9.80 Å². The van der Waals surface area contributed by atoms with Crippen molar-refractivity contribution in [1.29, 1.82) is 0 Å². The van der Waals surface area contributed by atoms with Crippen LogP contribution in [0.4, 0.5) is 0 Å². The number of allylic oxidation sites excluding steroid dienone is 2. The molecule has 0 amide bonds. The van der Waals surface area contributed by atoms with E-state index in [0.717, 1.165) is 0 Å². The summed E-state index contributed by atoms with van der Waals surface area (Å²) in [6, 6.07) is 0.0966. The molecule has 4 rings (SSSR count). The molecule has 110 valence electrons. The Morgan fingerprint density at radius 2 is 2.05 bits per heavy atom. The van der Waals surface area contributed by atoms with Crippen LogP contribution in [0.15, 0.2) is 34.8 Å². The Hall–Kier alpha value is -1.92. The van der Waals surface area contributed by atoms with Crippen LogP contribution >= 0.6 is 0 Å². The molecule has 3 heterocycles. The number of ketones is 2. The molecular formula is C15H16N2O4. The van der Waals surface area contributed by atoms with E-state index in [2.05, 4.69) is 6.58 Å². The lowest BCUT2D eigenvalue weighted by molar-refractivity contribution is -0.120. The zero-order chi connectivity index (χ0) is 15.3. The van der Waals surface area contributed by atoms with E-state index in [0.29, 0.717) is 12.1 Å². The first-order valence-corrected chi connectivity index (χ1v) is 6.86. The molecule has 4 atom stereocenters. The molecule has 0 spiro atoms. The van der Waals surface area contributed by atoms with Crippen molar-refractivity contribution in [3.8, 4) is 0 Å². The highest BCUT2D eigenvalue weighted by Gasteiger charge is 2.72. The number of piperazine rings is 1. The van der Waals surface area contributed by atoms with Gasteiger partial charge in [0.15, 0.2) is 11.5 Å². The van der Waals surface area contributed by atoms with Gasteiger partial charge in [-0.15, -0.1) is 0 Å². The van der Waals surface area contributed by atoms with Gasteiger partial charge in [-0.2, -0.15) is 0 Å². The van der Waals surface area contributed by atoms with E-state index in [1.54, 1.807) is 11.8 Å². The predicted molar refractivity (Wildman–Crippen MR) is 72.9 cm³/mol. The minimum absolute atomic E-state index is 0.0466. The van der Waals surface area contributed by atoms with Crippen molar-refractivity contribution in [2.24, 2.45) is 0 Å². The van der Waals surface area contributed by atoms with Crippen LogP contribution in [-0.4, -0.2) is 65.0 Å². The van der Waals surface area contributed by atoms with Crippen LogP contribution in [0.5, 0.6) is 0 Å². The molecule has 0 saturated carbocycles. The molecule has 0 aromatic rings. The Morgan fingerprint density at radius 1 is 1.38 bits per heavy atom. The van der Waals surface area contributed by atoms with Crippen LogP contribution < -0.4 is 0 Å². The minimum Gasteiger partial charge on any atom is -0.492 e. The van der Waals surface area contributed by atoms with Gasteiger partial charge < -0.3 is 14.7 Å². The number of rotatable bonds is 1. The standard InChI is InChI=1S/C15H16N2O4/c1-6-11(18)10-9(12(19)13(6)21-4)7(2)15(20)14-8(16(14)3)5-17(10)15/h8,14,20H,2,5H2,1,3-4H3/t8-,14-,15+,16?/m1/s1. The number of likely N-dealkylation sites (N-methyl/N-ethyl adjacent to an activating group) is 1. The van der Waals surface area contributed by atoms with E-state index in [1.807, 2.05) is 11.9 Å². The molecule has 0 aromatic carbocycles. The first kappa shape index (κ1) is 12.8. The lowest BCUT2D eigenvalue weighted by atomic mass is 9.88. The maximum absolute atomic E-state index is 12.6. The summed E-state index contributed by atoms with van der Waals surface area (Å²) in [5, 5.41) is 11.1. The number of Topliss-reactive ketones (excluding diaryl/α,β-unsaturated/α-hetero) is 2. The Kier molecular flexibility index (Phi) is 2.10. The Morgan fingerprint density at radius 3 is 2.67 bits per heavy atom. The lowest BCUT2D eigenvalue weighted by Gasteiger charge is -2.34. The lowest BCUT2D eigenvalue weighted by Crippen LogP contribution is -2.49. The molecular weight excluding hydrogens is 272 g/mol. The average molecular weight is 288 g/mol. The number of carbonyl (C=O) groups excluding carboxylic acids is 2. The summed E-state index contributed by atoms with van der Waals surface area (Å²) in [4.78, 5) is 28.9. The summed E-state index contributed by atoms with van der Waals surface area (Å²) in [5.41, 5.74) is -0.254. The summed E-state index contributed by atoms with van der Waals surface area (Å²) in [6.07, 6.45) is 0. The highest BCUT2D eigenvalue weighted by molar-refractivity contribution is 6.26. The first-order valence-electron chi connectivity index (χ1n) is 6.86. The summed E-state index contributed by atoms with van der Waals surface area (Å²) < 4.78 is 5.08. The van der Waals surface area contributed by atoms with Gasteiger partial charge in [0.1, 0.15) is 0 Å². The van der Waals surface area contributed by atoms with Gasteiger partial charge in [-0.3, -0.25) is 14.5 Å². The maximum Gasteiger partial charge on any atom is 0.230 e. The molecule has 2 saturated heterocycles. The Labute approximate surface area is 122 Å². The number of hydrogen-bond acceptors (Lipinski definition) is 6. The van der Waals surface area contributed by atoms with Gasteiger partial charge in [0.2, 0.25) is 11.6 Å². The third-order valence-electron chi connectivity index (χ3n) is 5.22. The largest absolute Gasteiger partial charge is 0.492 e. The van der Waals surface area contributed by atoms with Crippen LogP contribution in [0, 0.1) is 0 Å². The van der Waals surface area contributed by atoms with Crippen LogP contribution in [0.1, 0.15) is 6.92 Å². The molecule has 3 aliphatic heterocycles. The number of fused-ring (bicyclic) bond motifs is 4. The number of ether oxygens (including phenoxy) is 1. The molecule has 4 aliphatic rings. The predicted octanol–water partition coefficient (Wildman–Crippen LogP) is -0.431. The van der Waals surface area contributed by atoms with E-state index in [-0.39, 0.29) is 46.3 Å². The quantitative estimate of drug-likeness (QED) is 0.521. The van der Waals surface area contributed by atoms with Crippen LogP contribution in [0.25, 0.3) is 0 Å². The second kappa shape index (κ2) is 3.45. The zero-order valence-corrected chi connectivity index (χ0v) is 12.1. The van der Waals surface area contributed by atoms with E-state index < -0.39 is 5.72 Å². The topological polar surface area (TPSA) is 69.9 Å². The van der Waals surface area contributed by atoms with Crippen molar-refractivity contribution < 1.29 is 19.4 Å². The molecule has 0 aromatic heterocycles. The van der Waals surface area contributed by atoms with Gasteiger partial charge in [-0.1, -0.05) is 6.58 Å². The van der Waals surface area contributed by atoms with Gasteiger partial charge in [0.25, 0.3) is 0 Å². The van der Waals surface area contributed by atoms with Gasteiger partial charge in [0.05, 0.1) is 24.4 Å². The monoisotopic (exact) mass is 288 g/mol. The van der Waals surface area contributed by atoms with Gasteiger partial charge >= 0.3 is 0 Å². The Bertz CT molecular complexity index is 704. The first-order chi connectivity index (χ1) is 9.85. The highest BCUT2D eigenvalue weighted by Crippen LogP contribution is 2.56. The number of aliphatic hydroxyl groups is 1. The molecule has 21 heavy (non-hydrogen) atoms. The second-order valence-corrected chi connectivity index (χ2v) is 6.03. The average Bonchev–Trinajstić information content (AvgIpc) is 2.87. The number of methoxy groups -OCH3 is 1. The third-order valence-corrected chi connectivity index (χ3v) is 5.22. The van der Waals surface area contributed by atoms with Crippen molar-refractivity contribution in [3.63, 3.8) is 0 Å². The number of carbonyl (C=O) groups is 2. The van der Waals surface area contributed by atoms with Gasteiger partial charge in [-0.05, 0) is 14.0 Å². The zero-order valence-electron chi connectivity index (χ0n) is 12.1. The molecule has 2 fully saturated rings. The smallest absolute Gasteiger partial charge is 0.230 e. The fraction of sp³-hybridized carbons (Fsp3) is 0.467. The van der Waals surface area contributed by atoms with Gasteiger partial charge in [-0.25, -0.2) is 0 Å². The summed E-state index contributed by atoms with van der Waals surface area (Å²) >= 11 is 0. The van der Waals surface area contributed by atoms with E-state index in [9.17, 15) is 14.7 Å². The fourth-order valence-corrected chi connectivity index (χ4v) is 4.03. The third kappa shape index (κ3) is 1.14. The van der Waals surface area contributed by atoms with Crippen molar-refractivity contribution in [2.45, 2.75) is 24.7 Å². The van der Waals surface area contributed by atoms with Crippen molar-refractivity contribution in [2.75, 3.05) is 20.7 Å². The molecule has 1 N–H and O–H groups in total. The van der Waals surface area contributed by atoms with E-state index >= 15 is 0 Å². The van der Waals surface area contributed by atoms with Crippen molar-refractivity contribution >= 4 is 11.6 Å². The van der Waals surface area contributed by atoms with Crippen LogP contribution in [-0.2, 0) is 14.3 Å². The van der Waals surface area contributed by atoms with Crippen LogP contribution in [0.2, 0.25) is 0 Å². The fourth-order valence-electron chi connectivity index (χ4n) is 4.03. The molecule has 0 radical (unpaired) electrons. The van der Waals surface area contributed by atoms with E-state index in [4.69, 9.17) is 4.74 Å². The minimum atomic E-state index is -1.35. The van der Waals surface area contributed by atoms with E-state index in [1.165, 1.54) is 7.11 Å². The van der Waals surface area contributed by atoms with Crippen LogP contribution in [0.3, 0.4) is 0 Å². The number of nitrogens with zero attached hydrogens (tertiary/aromatic N) is 2. The number of hydrogen-bond donors (Lipinski definition) is 1. The highest BCUT2D eigenvalue weighted by atomic mass is 16.5. The molecule has 6 nitrogen and oxygen atoms in total. The summed E-state index contributed by atoms with van der Waals surface area (Å²) in [5.74, 6) is -0.579. The normalized spacial score (nSPS) is 40.7. The van der Waals surface area contributed by atoms with Gasteiger partial charge in [0, 0.05) is 23.7 Å². The summed E-state index contributed by atoms with van der Waals surface area (Å²) in [7, 11) is 3.29. The molecule has 1 unspecified atom stereocenters. The molecule has 6 heteroatoms. The van der Waals surface area contributed by atoms with Crippen molar-refractivity contribution in [3.05, 3.63) is 34.8 Å². The second-order valence-electron chi connectivity index (χ2n) is 6.03. The SMILES string of the molecule is C=C1C2=C(C(=O)C(C)=C(OC)C2=O)N2C[C@@H]3[C@@H](N3C)[C@@]12O.